The summed E-state index contributed by atoms with van der Waals surface area (Å²) < 4.78 is 10.6. The molecule has 6 heteroatoms. The average molecular weight is 394 g/mol. The molecule has 2 aromatic heterocycles. The molecular weight excluding hydrogens is 370 g/mol. The Morgan fingerprint density at radius 2 is 1.79 bits per heavy atom. The van der Waals surface area contributed by atoms with Crippen LogP contribution in [0.15, 0.2) is 48.7 Å². The fraction of sp³-hybridized carbons (Fsp3) is 0.227. The fourth-order valence-electron chi connectivity index (χ4n) is 3.28. The number of nitrogens with zero attached hydrogens (tertiary/aromatic N) is 1. The standard InChI is InChI=1S/C22H23N3O2S/c1-14-21(15-4-6-17(26-2)7-5-15)25-22(28-14)23-11-10-16-13-24-20-9-8-18(27-3)12-19(16)20/h4-9,12-13,24H,10-11H2,1-3H3,(H,23,25). The molecule has 0 unspecified atom stereocenters. The first-order valence-electron chi connectivity index (χ1n) is 9.17. The van der Waals surface area contributed by atoms with Crippen LogP contribution in [0.3, 0.4) is 0 Å². The minimum Gasteiger partial charge on any atom is -0.497 e. The van der Waals surface area contributed by atoms with E-state index < -0.39 is 0 Å². The highest BCUT2D eigenvalue weighted by Crippen LogP contribution is 2.31. The summed E-state index contributed by atoms with van der Waals surface area (Å²) >= 11 is 1.68. The quantitative estimate of drug-likeness (QED) is 0.449. The number of fused-ring (bicyclic) bond motifs is 1. The third-order valence-corrected chi connectivity index (χ3v) is 5.73. The van der Waals surface area contributed by atoms with E-state index >= 15 is 0 Å². The Kier molecular flexibility index (Phi) is 5.21. The van der Waals surface area contributed by atoms with E-state index in [1.54, 1.807) is 25.6 Å². The van der Waals surface area contributed by atoms with Crippen molar-refractivity contribution in [3.8, 4) is 22.8 Å². The zero-order valence-corrected chi connectivity index (χ0v) is 17.0. The molecule has 144 valence electrons. The van der Waals surface area contributed by atoms with E-state index in [4.69, 9.17) is 14.5 Å². The summed E-state index contributed by atoms with van der Waals surface area (Å²) in [6, 6.07) is 14.1. The van der Waals surface area contributed by atoms with E-state index in [0.29, 0.717) is 0 Å². The van der Waals surface area contributed by atoms with Gasteiger partial charge >= 0.3 is 0 Å². The Morgan fingerprint density at radius 1 is 1.04 bits per heavy atom. The van der Waals surface area contributed by atoms with Crippen molar-refractivity contribution in [2.45, 2.75) is 13.3 Å². The molecule has 0 atom stereocenters. The molecule has 0 spiro atoms. The van der Waals surface area contributed by atoms with Gasteiger partial charge in [0.2, 0.25) is 0 Å². The van der Waals surface area contributed by atoms with Crippen LogP contribution in [0, 0.1) is 6.92 Å². The van der Waals surface area contributed by atoms with Crippen molar-refractivity contribution < 1.29 is 9.47 Å². The Labute approximate surface area is 168 Å². The maximum Gasteiger partial charge on any atom is 0.183 e. The van der Waals surface area contributed by atoms with Crippen molar-refractivity contribution in [2.24, 2.45) is 0 Å². The second-order valence-electron chi connectivity index (χ2n) is 6.55. The average Bonchev–Trinajstić information content (AvgIpc) is 3.31. The molecule has 0 saturated carbocycles. The maximum absolute atomic E-state index is 5.35. The number of aryl methyl sites for hydroxylation is 1. The summed E-state index contributed by atoms with van der Waals surface area (Å²) in [5, 5.41) is 5.62. The summed E-state index contributed by atoms with van der Waals surface area (Å²) in [5.74, 6) is 1.73. The zero-order valence-electron chi connectivity index (χ0n) is 16.2. The largest absolute Gasteiger partial charge is 0.497 e. The molecule has 28 heavy (non-hydrogen) atoms. The Balaban J connectivity index is 1.44. The lowest BCUT2D eigenvalue weighted by atomic mass is 10.1. The first-order valence-corrected chi connectivity index (χ1v) is 9.99. The topological polar surface area (TPSA) is 59.2 Å². The maximum atomic E-state index is 5.35. The van der Waals surface area contributed by atoms with Gasteiger partial charge in [-0.3, -0.25) is 0 Å². The first-order chi connectivity index (χ1) is 13.7. The number of hydrogen-bond donors (Lipinski definition) is 2. The van der Waals surface area contributed by atoms with Crippen LogP contribution in [0.2, 0.25) is 0 Å². The Hall–Kier alpha value is -2.99. The lowest BCUT2D eigenvalue weighted by molar-refractivity contribution is 0.415. The number of methoxy groups -OCH3 is 2. The van der Waals surface area contributed by atoms with Crippen molar-refractivity contribution in [1.29, 1.82) is 0 Å². The van der Waals surface area contributed by atoms with Gasteiger partial charge in [0.1, 0.15) is 11.5 Å². The molecule has 0 aliphatic carbocycles. The molecule has 2 N–H and O–H groups in total. The zero-order chi connectivity index (χ0) is 19.5. The van der Waals surface area contributed by atoms with Gasteiger partial charge < -0.3 is 19.8 Å². The van der Waals surface area contributed by atoms with Crippen molar-refractivity contribution in [3.63, 3.8) is 0 Å². The van der Waals surface area contributed by atoms with Crippen molar-refractivity contribution in [3.05, 3.63) is 59.1 Å². The van der Waals surface area contributed by atoms with E-state index in [9.17, 15) is 0 Å². The number of rotatable bonds is 7. The predicted octanol–water partition coefficient (Wildman–Crippen LogP) is 5.27. The first kappa shape index (κ1) is 18.4. The van der Waals surface area contributed by atoms with Gasteiger partial charge in [0.25, 0.3) is 0 Å². The SMILES string of the molecule is COc1ccc(-c2nc(NCCc3c[nH]c4ccc(OC)cc34)sc2C)cc1. The third kappa shape index (κ3) is 3.68. The summed E-state index contributed by atoms with van der Waals surface area (Å²) in [6.45, 7) is 2.92. The third-order valence-electron chi connectivity index (χ3n) is 4.81. The van der Waals surface area contributed by atoms with Gasteiger partial charge in [-0.2, -0.15) is 0 Å². The van der Waals surface area contributed by atoms with Crippen LogP contribution < -0.4 is 14.8 Å². The summed E-state index contributed by atoms with van der Waals surface area (Å²) in [4.78, 5) is 9.31. The van der Waals surface area contributed by atoms with Crippen LogP contribution >= 0.6 is 11.3 Å². The minimum absolute atomic E-state index is 0.819. The number of aromatic nitrogens is 2. The van der Waals surface area contributed by atoms with Crippen LogP contribution in [0.25, 0.3) is 22.2 Å². The second-order valence-corrected chi connectivity index (χ2v) is 7.76. The molecule has 4 aromatic rings. The molecule has 0 aliphatic heterocycles. The van der Waals surface area contributed by atoms with Crippen molar-refractivity contribution >= 4 is 27.4 Å². The summed E-state index contributed by atoms with van der Waals surface area (Å²) in [7, 11) is 3.37. The number of thiazole rings is 1. The molecule has 0 saturated heterocycles. The molecule has 5 nitrogen and oxygen atoms in total. The highest BCUT2D eigenvalue weighted by atomic mass is 32.1. The monoisotopic (exact) mass is 393 g/mol. The van der Waals surface area contributed by atoms with Crippen LogP contribution in [0.5, 0.6) is 11.5 Å². The Morgan fingerprint density at radius 3 is 2.54 bits per heavy atom. The van der Waals surface area contributed by atoms with Gasteiger partial charge in [-0.15, -0.1) is 11.3 Å². The minimum atomic E-state index is 0.819. The lowest BCUT2D eigenvalue weighted by Gasteiger charge is -2.04. The normalized spacial score (nSPS) is 11.0. The number of nitrogens with one attached hydrogen (secondary N) is 2. The number of H-pyrrole nitrogens is 1. The Bertz CT molecular complexity index is 1080. The fourth-order valence-corrected chi connectivity index (χ4v) is 4.15. The number of ether oxygens (including phenoxy) is 2. The molecule has 0 amide bonds. The number of benzene rings is 2. The van der Waals surface area contributed by atoms with Crippen LogP contribution in [-0.4, -0.2) is 30.7 Å². The van der Waals surface area contributed by atoms with Gasteiger partial charge in [-0.1, -0.05) is 0 Å². The second kappa shape index (κ2) is 7.94. The highest BCUT2D eigenvalue weighted by Gasteiger charge is 2.11. The molecule has 0 bridgehead atoms. The molecule has 2 aromatic carbocycles. The van der Waals surface area contributed by atoms with Gasteiger partial charge in [-0.05, 0) is 61.4 Å². The van der Waals surface area contributed by atoms with E-state index in [-0.39, 0.29) is 0 Å². The lowest BCUT2D eigenvalue weighted by Crippen LogP contribution is -2.04. The highest BCUT2D eigenvalue weighted by molar-refractivity contribution is 7.16. The van der Waals surface area contributed by atoms with Gasteiger partial charge in [-0.25, -0.2) is 4.98 Å². The van der Waals surface area contributed by atoms with Crippen LogP contribution in [0.4, 0.5) is 5.13 Å². The van der Waals surface area contributed by atoms with E-state index in [2.05, 4.69) is 35.6 Å². The predicted molar refractivity (Wildman–Crippen MR) is 116 cm³/mol. The number of aromatic amines is 1. The van der Waals surface area contributed by atoms with Gasteiger partial charge in [0.15, 0.2) is 5.13 Å². The van der Waals surface area contributed by atoms with E-state index in [1.165, 1.54) is 15.8 Å². The molecule has 0 radical (unpaired) electrons. The molecule has 0 fully saturated rings. The van der Waals surface area contributed by atoms with Gasteiger partial charge in [0.05, 0.1) is 19.9 Å². The van der Waals surface area contributed by atoms with E-state index in [1.807, 2.05) is 30.3 Å². The smallest absolute Gasteiger partial charge is 0.183 e. The number of hydrogen-bond acceptors (Lipinski definition) is 5. The van der Waals surface area contributed by atoms with Crippen molar-refractivity contribution in [1.82, 2.24) is 9.97 Å². The van der Waals surface area contributed by atoms with E-state index in [0.717, 1.165) is 46.4 Å². The molecule has 4 rings (SSSR count). The molecular formula is C22H23N3O2S. The van der Waals surface area contributed by atoms with Crippen LogP contribution in [0.1, 0.15) is 10.4 Å². The molecule has 0 aliphatic rings. The number of anilines is 1. The summed E-state index contributed by atoms with van der Waals surface area (Å²) in [6.07, 6.45) is 2.98. The van der Waals surface area contributed by atoms with Crippen LogP contribution in [-0.2, 0) is 6.42 Å². The van der Waals surface area contributed by atoms with Crippen molar-refractivity contribution in [2.75, 3.05) is 26.1 Å². The van der Waals surface area contributed by atoms with Gasteiger partial charge in [0, 0.05) is 34.1 Å². The summed E-state index contributed by atoms with van der Waals surface area (Å²) in [5.41, 5.74) is 4.52. The molecule has 2 heterocycles.